The van der Waals surface area contributed by atoms with Gasteiger partial charge in [-0.1, -0.05) is 0 Å². The molecule has 2 N–H and O–H groups in total. The first kappa shape index (κ1) is 10.7. The number of aromatic nitrogens is 1. The molecule has 0 amide bonds. The van der Waals surface area contributed by atoms with Crippen LogP contribution in [0.3, 0.4) is 0 Å². The smallest absolute Gasteiger partial charge is 0.335 e. The Bertz CT molecular complexity index is 552. The van der Waals surface area contributed by atoms with Crippen LogP contribution in [0.15, 0.2) is 24.4 Å². The highest BCUT2D eigenvalue weighted by Gasteiger charge is 2.23. The second-order valence-electron chi connectivity index (χ2n) is 4.24. The molecule has 1 heterocycles. The standard InChI is InChI=1S/C12H12FNO2/c1-12(2,13)9-6-14-10-4-3-7(11(15)16)5-8(9)10/h3-6,14H,1-2H3,(H,15,16). The number of carbonyl (C=O) groups is 1. The fraction of sp³-hybridized carbons (Fsp3) is 0.250. The molecule has 2 rings (SSSR count). The van der Waals surface area contributed by atoms with Crippen molar-refractivity contribution in [3.63, 3.8) is 0 Å². The number of nitrogens with one attached hydrogen (secondary N) is 1. The van der Waals surface area contributed by atoms with Gasteiger partial charge in [-0.05, 0) is 32.0 Å². The number of fused-ring (bicyclic) bond motifs is 1. The first-order valence-electron chi connectivity index (χ1n) is 4.93. The predicted octanol–water partition coefficient (Wildman–Crippen LogP) is 3.07. The predicted molar refractivity (Wildman–Crippen MR) is 59.4 cm³/mol. The molecule has 4 heteroatoms. The number of carboxylic acid groups (broad SMARTS) is 1. The van der Waals surface area contributed by atoms with E-state index in [0.717, 1.165) is 5.52 Å². The van der Waals surface area contributed by atoms with Crippen LogP contribution < -0.4 is 0 Å². The van der Waals surface area contributed by atoms with E-state index in [4.69, 9.17) is 5.11 Å². The minimum Gasteiger partial charge on any atom is -0.478 e. The average Bonchev–Trinajstić information content (AvgIpc) is 2.58. The second kappa shape index (κ2) is 3.33. The van der Waals surface area contributed by atoms with Gasteiger partial charge in [-0.15, -0.1) is 0 Å². The fourth-order valence-electron chi connectivity index (χ4n) is 1.75. The van der Waals surface area contributed by atoms with E-state index in [9.17, 15) is 9.18 Å². The molecule has 0 saturated carbocycles. The van der Waals surface area contributed by atoms with E-state index >= 15 is 0 Å². The maximum atomic E-state index is 13.8. The lowest BCUT2D eigenvalue weighted by molar-refractivity contribution is 0.0697. The van der Waals surface area contributed by atoms with Crippen LogP contribution in [0.2, 0.25) is 0 Å². The number of aromatic carboxylic acids is 1. The lowest BCUT2D eigenvalue weighted by atomic mass is 9.98. The van der Waals surface area contributed by atoms with E-state index in [-0.39, 0.29) is 5.56 Å². The van der Waals surface area contributed by atoms with E-state index in [1.807, 2.05) is 0 Å². The molecule has 0 saturated heterocycles. The molecular formula is C12H12FNO2. The van der Waals surface area contributed by atoms with Crippen molar-refractivity contribution in [3.8, 4) is 0 Å². The van der Waals surface area contributed by atoms with Crippen molar-refractivity contribution in [1.29, 1.82) is 0 Å². The average molecular weight is 221 g/mol. The Kier molecular flexibility index (Phi) is 2.22. The van der Waals surface area contributed by atoms with Crippen LogP contribution in [-0.4, -0.2) is 16.1 Å². The summed E-state index contributed by atoms with van der Waals surface area (Å²) in [6, 6.07) is 4.63. The van der Waals surface area contributed by atoms with E-state index in [1.165, 1.54) is 26.0 Å². The molecule has 0 bridgehead atoms. The summed E-state index contributed by atoms with van der Waals surface area (Å²) in [7, 11) is 0. The summed E-state index contributed by atoms with van der Waals surface area (Å²) < 4.78 is 13.8. The summed E-state index contributed by atoms with van der Waals surface area (Å²) in [4.78, 5) is 13.8. The molecule has 1 aromatic carbocycles. The van der Waals surface area contributed by atoms with Gasteiger partial charge in [0.15, 0.2) is 0 Å². The molecule has 0 aliphatic heterocycles. The number of alkyl halides is 1. The van der Waals surface area contributed by atoms with Gasteiger partial charge in [0, 0.05) is 22.7 Å². The van der Waals surface area contributed by atoms with Crippen LogP contribution >= 0.6 is 0 Å². The van der Waals surface area contributed by atoms with E-state index in [2.05, 4.69) is 4.98 Å². The molecule has 84 valence electrons. The Hall–Kier alpha value is -1.84. The van der Waals surface area contributed by atoms with Gasteiger partial charge in [-0.2, -0.15) is 0 Å². The molecule has 0 aliphatic rings. The maximum absolute atomic E-state index is 13.8. The first-order chi connectivity index (χ1) is 7.39. The van der Waals surface area contributed by atoms with Crippen molar-refractivity contribution in [1.82, 2.24) is 4.98 Å². The minimum atomic E-state index is -1.49. The number of hydrogen-bond donors (Lipinski definition) is 2. The molecule has 0 atom stereocenters. The Balaban J connectivity index is 2.70. The zero-order valence-corrected chi connectivity index (χ0v) is 9.04. The fourth-order valence-corrected chi connectivity index (χ4v) is 1.75. The lowest BCUT2D eigenvalue weighted by Crippen LogP contribution is -2.08. The Morgan fingerprint density at radius 2 is 2.12 bits per heavy atom. The van der Waals surface area contributed by atoms with Crippen molar-refractivity contribution in [3.05, 3.63) is 35.5 Å². The Morgan fingerprint density at radius 1 is 1.44 bits per heavy atom. The van der Waals surface area contributed by atoms with Gasteiger partial charge < -0.3 is 10.1 Å². The van der Waals surface area contributed by atoms with Gasteiger partial charge in [0.25, 0.3) is 0 Å². The summed E-state index contributed by atoms with van der Waals surface area (Å²) in [5.41, 5.74) is -0.107. The molecule has 16 heavy (non-hydrogen) atoms. The Labute approximate surface area is 91.9 Å². The van der Waals surface area contributed by atoms with Gasteiger partial charge in [-0.25, -0.2) is 9.18 Å². The quantitative estimate of drug-likeness (QED) is 0.818. The third-order valence-corrected chi connectivity index (χ3v) is 2.57. The highest BCUT2D eigenvalue weighted by molar-refractivity contribution is 5.94. The normalized spacial score (nSPS) is 11.9. The van der Waals surface area contributed by atoms with E-state index < -0.39 is 11.6 Å². The van der Waals surface area contributed by atoms with Crippen LogP contribution in [0.5, 0.6) is 0 Å². The first-order valence-corrected chi connectivity index (χ1v) is 4.93. The van der Waals surface area contributed by atoms with Crippen molar-refractivity contribution in [2.75, 3.05) is 0 Å². The van der Waals surface area contributed by atoms with Crippen LogP contribution in [0.25, 0.3) is 10.9 Å². The maximum Gasteiger partial charge on any atom is 0.335 e. The highest BCUT2D eigenvalue weighted by Crippen LogP contribution is 2.31. The number of H-pyrrole nitrogens is 1. The largest absolute Gasteiger partial charge is 0.478 e. The van der Waals surface area contributed by atoms with Crippen molar-refractivity contribution in [2.45, 2.75) is 19.5 Å². The minimum absolute atomic E-state index is 0.164. The van der Waals surface area contributed by atoms with Gasteiger partial charge >= 0.3 is 5.97 Å². The van der Waals surface area contributed by atoms with Crippen molar-refractivity contribution >= 4 is 16.9 Å². The number of halogens is 1. The zero-order chi connectivity index (χ0) is 11.9. The molecule has 3 nitrogen and oxygen atoms in total. The highest BCUT2D eigenvalue weighted by atomic mass is 19.1. The lowest BCUT2D eigenvalue weighted by Gasteiger charge is -2.12. The Morgan fingerprint density at radius 3 is 2.69 bits per heavy atom. The molecular weight excluding hydrogens is 209 g/mol. The van der Waals surface area contributed by atoms with Crippen molar-refractivity contribution < 1.29 is 14.3 Å². The van der Waals surface area contributed by atoms with Crippen molar-refractivity contribution in [2.24, 2.45) is 0 Å². The van der Waals surface area contributed by atoms with Crippen LogP contribution in [-0.2, 0) is 5.67 Å². The summed E-state index contributed by atoms with van der Waals surface area (Å²) >= 11 is 0. The SMILES string of the molecule is CC(C)(F)c1c[nH]c2ccc(C(=O)O)cc12. The molecule has 0 spiro atoms. The topological polar surface area (TPSA) is 53.1 Å². The van der Waals surface area contributed by atoms with E-state index in [1.54, 1.807) is 12.3 Å². The van der Waals surface area contributed by atoms with Gasteiger partial charge in [0.1, 0.15) is 5.67 Å². The third kappa shape index (κ3) is 1.66. The number of hydrogen-bond acceptors (Lipinski definition) is 1. The number of aromatic amines is 1. The summed E-state index contributed by atoms with van der Waals surface area (Å²) in [5, 5.41) is 9.49. The number of benzene rings is 1. The zero-order valence-electron chi connectivity index (χ0n) is 9.04. The van der Waals surface area contributed by atoms with Gasteiger partial charge in [0.05, 0.1) is 5.56 Å². The second-order valence-corrected chi connectivity index (χ2v) is 4.24. The van der Waals surface area contributed by atoms with Crippen LogP contribution in [0, 0.1) is 0 Å². The van der Waals surface area contributed by atoms with E-state index in [0.29, 0.717) is 10.9 Å². The number of rotatable bonds is 2. The monoisotopic (exact) mass is 221 g/mol. The number of carboxylic acids is 1. The molecule has 2 aromatic rings. The molecule has 0 unspecified atom stereocenters. The van der Waals surface area contributed by atoms with Crippen LogP contribution in [0.1, 0.15) is 29.8 Å². The van der Waals surface area contributed by atoms with Gasteiger partial charge in [0.2, 0.25) is 0 Å². The molecule has 0 radical (unpaired) electrons. The third-order valence-electron chi connectivity index (χ3n) is 2.57. The molecule has 0 fully saturated rings. The summed E-state index contributed by atoms with van der Waals surface area (Å²) in [5.74, 6) is -1.01. The van der Waals surface area contributed by atoms with Gasteiger partial charge in [-0.3, -0.25) is 0 Å². The van der Waals surface area contributed by atoms with Crippen LogP contribution in [0.4, 0.5) is 4.39 Å². The summed E-state index contributed by atoms with van der Waals surface area (Å²) in [6.45, 7) is 2.89. The summed E-state index contributed by atoms with van der Waals surface area (Å²) in [6.07, 6.45) is 1.58. The molecule has 0 aliphatic carbocycles. The molecule has 1 aromatic heterocycles.